The third-order valence-electron chi connectivity index (χ3n) is 4.11. The standard InChI is InChI=1S/C21H22N4O2/c1-14-4-10-19(11-5-14)25-20(12-15(2)24-25)23-21(27)18-8-6-17(7-9-18)13-22-16(3)26/h4-12H,13H2,1-3H3,(H,22,26)(H,23,27). The Morgan fingerprint density at radius 2 is 1.67 bits per heavy atom. The number of amides is 2. The largest absolute Gasteiger partial charge is 0.352 e. The Bertz CT molecular complexity index is 957. The van der Waals surface area contributed by atoms with E-state index in [0.717, 1.165) is 22.5 Å². The third kappa shape index (κ3) is 4.61. The topological polar surface area (TPSA) is 76.0 Å². The lowest BCUT2D eigenvalue weighted by atomic mass is 10.1. The minimum absolute atomic E-state index is 0.0865. The Morgan fingerprint density at radius 3 is 2.30 bits per heavy atom. The van der Waals surface area contributed by atoms with Crippen LogP contribution in [0.4, 0.5) is 5.82 Å². The molecule has 2 aromatic carbocycles. The fourth-order valence-corrected chi connectivity index (χ4v) is 2.66. The molecule has 27 heavy (non-hydrogen) atoms. The third-order valence-corrected chi connectivity index (χ3v) is 4.11. The molecule has 0 saturated heterocycles. The van der Waals surface area contributed by atoms with E-state index in [1.54, 1.807) is 16.8 Å². The highest BCUT2D eigenvalue weighted by Gasteiger charge is 2.12. The first kappa shape index (κ1) is 18.4. The molecule has 3 aromatic rings. The van der Waals surface area contributed by atoms with Gasteiger partial charge in [0.05, 0.1) is 11.4 Å². The second-order valence-corrected chi connectivity index (χ2v) is 6.48. The van der Waals surface area contributed by atoms with E-state index in [4.69, 9.17) is 0 Å². The molecular formula is C21H22N4O2. The van der Waals surface area contributed by atoms with E-state index in [1.165, 1.54) is 6.92 Å². The first-order valence-electron chi connectivity index (χ1n) is 8.71. The summed E-state index contributed by atoms with van der Waals surface area (Å²) in [5.41, 5.74) is 4.33. The summed E-state index contributed by atoms with van der Waals surface area (Å²) >= 11 is 0. The molecule has 0 atom stereocenters. The van der Waals surface area contributed by atoms with Crippen LogP contribution in [0.3, 0.4) is 0 Å². The molecule has 1 aromatic heterocycles. The molecule has 0 spiro atoms. The zero-order valence-electron chi connectivity index (χ0n) is 15.6. The zero-order chi connectivity index (χ0) is 19.4. The molecule has 0 saturated carbocycles. The average molecular weight is 362 g/mol. The van der Waals surface area contributed by atoms with Gasteiger partial charge in [-0.2, -0.15) is 5.10 Å². The molecule has 0 bridgehead atoms. The van der Waals surface area contributed by atoms with Crippen molar-refractivity contribution in [1.29, 1.82) is 0 Å². The molecule has 0 aliphatic carbocycles. The number of benzene rings is 2. The van der Waals surface area contributed by atoms with Crippen LogP contribution in [0.15, 0.2) is 54.6 Å². The lowest BCUT2D eigenvalue weighted by Gasteiger charge is -2.10. The summed E-state index contributed by atoms with van der Waals surface area (Å²) in [6.07, 6.45) is 0. The van der Waals surface area contributed by atoms with Crippen molar-refractivity contribution in [2.75, 3.05) is 5.32 Å². The molecule has 2 amide bonds. The second kappa shape index (κ2) is 7.86. The van der Waals surface area contributed by atoms with E-state index in [-0.39, 0.29) is 11.8 Å². The normalized spacial score (nSPS) is 10.5. The maximum Gasteiger partial charge on any atom is 0.256 e. The van der Waals surface area contributed by atoms with Gasteiger partial charge in [-0.05, 0) is 43.7 Å². The number of rotatable bonds is 5. The number of hydrogen-bond acceptors (Lipinski definition) is 3. The van der Waals surface area contributed by atoms with E-state index >= 15 is 0 Å². The number of anilines is 1. The zero-order valence-corrected chi connectivity index (χ0v) is 15.6. The van der Waals surface area contributed by atoms with Crippen LogP contribution < -0.4 is 10.6 Å². The van der Waals surface area contributed by atoms with Crippen molar-refractivity contribution >= 4 is 17.6 Å². The van der Waals surface area contributed by atoms with E-state index in [1.807, 2.05) is 56.3 Å². The Labute approximate surface area is 158 Å². The molecule has 0 radical (unpaired) electrons. The van der Waals surface area contributed by atoms with Gasteiger partial charge in [0.1, 0.15) is 5.82 Å². The monoisotopic (exact) mass is 362 g/mol. The summed E-state index contributed by atoms with van der Waals surface area (Å²) in [7, 11) is 0. The van der Waals surface area contributed by atoms with E-state index in [9.17, 15) is 9.59 Å². The molecule has 6 heteroatoms. The Hall–Kier alpha value is -3.41. The van der Waals surface area contributed by atoms with Crippen LogP contribution in [-0.2, 0) is 11.3 Å². The van der Waals surface area contributed by atoms with Crippen molar-refractivity contribution in [2.24, 2.45) is 0 Å². The fourth-order valence-electron chi connectivity index (χ4n) is 2.66. The van der Waals surface area contributed by atoms with Crippen LogP contribution in [0.25, 0.3) is 5.69 Å². The van der Waals surface area contributed by atoms with Crippen molar-refractivity contribution in [2.45, 2.75) is 27.3 Å². The number of hydrogen-bond donors (Lipinski definition) is 2. The van der Waals surface area contributed by atoms with Gasteiger partial charge in [0.25, 0.3) is 5.91 Å². The summed E-state index contributed by atoms with van der Waals surface area (Å²) in [6, 6.07) is 16.9. The number of carbonyl (C=O) groups excluding carboxylic acids is 2. The number of aryl methyl sites for hydroxylation is 2. The SMILES string of the molecule is CC(=O)NCc1ccc(C(=O)Nc2cc(C)nn2-c2ccc(C)cc2)cc1. The molecule has 0 aliphatic rings. The van der Waals surface area contributed by atoms with Crippen LogP contribution in [0.2, 0.25) is 0 Å². The summed E-state index contributed by atoms with van der Waals surface area (Å²) in [5.74, 6) is 0.314. The molecule has 2 N–H and O–H groups in total. The predicted octanol–water partition coefficient (Wildman–Crippen LogP) is 3.38. The van der Waals surface area contributed by atoms with Gasteiger partial charge in [-0.15, -0.1) is 0 Å². The van der Waals surface area contributed by atoms with Crippen LogP contribution in [0.5, 0.6) is 0 Å². The molecular weight excluding hydrogens is 340 g/mol. The highest BCUT2D eigenvalue weighted by Crippen LogP contribution is 2.18. The molecule has 138 valence electrons. The summed E-state index contributed by atoms with van der Waals surface area (Å²) in [5, 5.41) is 10.1. The second-order valence-electron chi connectivity index (χ2n) is 6.48. The number of aromatic nitrogens is 2. The van der Waals surface area contributed by atoms with Gasteiger partial charge in [-0.1, -0.05) is 29.8 Å². The number of nitrogens with zero attached hydrogens (tertiary/aromatic N) is 2. The first-order valence-corrected chi connectivity index (χ1v) is 8.71. The van der Waals surface area contributed by atoms with Crippen molar-refractivity contribution < 1.29 is 9.59 Å². The smallest absolute Gasteiger partial charge is 0.256 e. The summed E-state index contributed by atoms with van der Waals surface area (Å²) < 4.78 is 1.72. The minimum atomic E-state index is -0.214. The molecule has 0 aliphatic heterocycles. The highest BCUT2D eigenvalue weighted by atomic mass is 16.2. The highest BCUT2D eigenvalue weighted by molar-refractivity contribution is 6.04. The Morgan fingerprint density at radius 1 is 1.00 bits per heavy atom. The van der Waals surface area contributed by atoms with Gasteiger partial charge < -0.3 is 10.6 Å². The van der Waals surface area contributed by atoms with Gasteiger partial charge in [0, 0.05) is 25.1 Å². The van der Waals surface area contributed by atoms with Crippen LogP contribution >= 0.6 is 0 Å². The quantitative estimate of drug-likeness (QED) is 0.731. The van der Waals surface area contributed by atoms with E-state index < -0.39 is 0 Å². The number of nitrogens with one attached hydrogen (secondary N) is 2. The van der Waals surface area contributed by atoms with Gasteiger partial charge in [-0.3, -0.25) is 9.59 Å². The maximum atomic E-state index is 12.6. The van der Waals surface area contributed by atoms with Crippen molar-refractivity contribution in [1.82, 2.24) is 15.1 Å². The molecule has 0 unspecified atom stereocenters. The van der Waals surface area contributed by atoms with Crippen molar-refractivity contribution in [3.63, 3.8) is 0 Å². The van der Waals surface area contributed by atoms with Crippen LogP contribution in [0.1, 0.15) is 34.1 Å². The first-order chi connectivity index (χ1) is 12.9. The van der Waals surface area contributed by atoms with Gasteiger partial charge in [0.2, 0.25) is 5.91 Å². The number of carbonyl (C=O) groups is 2. The summed E-state index contributed by atoms with van der Waals surface area (Å²) in [6.45, 7) is 5.82. The van der Waals surface area contributed by atoms with Crippen molar-refractivity contribution in [3.8, 4) is 5.69 Å². The van der Waals surface area contributed by atoms with Gasteiger partial charge in [-0.25, -0.2) is 4.68 Å². The van der Waals surface area contributed by atoms with Crippen molar-refractivity contribution in [3.05, 3.63) is 77.0 Å². The molecule has 0 fully saturated rings. The Balaban J connectivity index is 1.76. The Kier molecular flexibility index (Phi) is 5.35. The van der Waals surface area contributed by atoms with Gasteiger partial charge in [0.15, 0.2) is 0 Å². The van der Waals surface area contributed by atoms with Crippen LogP contribution in [0, 0.1) is 13.8 Å². The molecule has 1 heterocycles. The fraction of sp³-hybridized carbons (Fsp3) is 0.190. The van der Waals surface area contributed by atoms with Gasteiger partial charge >= 0.3 is 0 Å². The average Bonchev–Trinajstić information content (AvgIpc) is 3.01. The van der Waals surface area contributed by atoms with E-state index in [0.29, 0.717) is 17.9 Å². The van der Waals surface area contributed by atoms with E-state index in [2.05, 4.69) is 15.7 Å². The summed E-state index contributed by atoms with van der Waals surface area (Å²) in [4.78, 5) is 23.6. The molecule has 6 nitrogen and oxygen atoms in total. The lowest BCUT2D eigenvalue weighted by Crippen LogP contribution is -2.19. The minimum Gasteiger partial charge on any atom is -0.352 e. The lowest BCUT2D eigenvalue weighted by molar-refractivity contribution is -0.119. The predicted molar refractivity (Wildman–Crippen MR) is 105 cm³/mol. The van der Waals surface area contributed by atoms with Crippen LogP contribution in [-0.4, -0.2) is 21.6 Å². The molecule has 3 rings (SSSR count). The maximum absolute atomic E-state index is 12.6.